The Bertz CT molecular complexity index is 310. The van der Waals surface area contributed by atoms with E-state index in [1.807, 2.05) is 0 Å². The lowest BCUT2D eigenvalue weighted by Crippen LogP contribution is -2.29. The van der Waals surface area contributed by atoms with Gasteiger partial charge in [0.25, 0.3) is 0 Å². The third-order valence-corrected chi connectivity index (χ3v) is 1.97. The van der Waals surface area contributed by atoms with Gasteiger partial charge >= 0.3 is 0 Å². The van der Waals surface area contributed by atoms with Gasteiger partial charge in [0, 0.05) is 6.04 Å². The number of carbonyl (C=O) groups excluding carboxylic acids is 1. The summed E-state index contributed by atoms with van der Waals surface area (Å²) in [4.78, 5) is 18.9. The van der Waals surface area contributed by atoms with Crippen molar-refractivity contribution < 1.29 is 4.79 Å². The number of aromatic nitrogens is 2. The molecule has 0 spiro atoms. The van der Waals surface area contributed by atoms with Crippen molar-refractivity contribution in [3.63, 3.8) is 0 Å². The van der Waals surface area contributed by atoms with E-state index in [2.05, 4.69) is 20.6 Å². The van der Waals surface area contributed by atoms with Crippen molar-refractivity contribution >= 4 is 11.6 Å². The maximum atomic E-state index is 11.3. The predicted octanol–water partition coefficient (Wildman–Crippen LogP) is 0.167. The van der Waals surface area contributed by atoms with Crippen LogP contribution in [0.4, 0.5) is 5.69 Å². The van der Waals surface area contributed by atoms with Crippen LogP contribution >= 0.6 is 0 Å². The van der Waals surface area contributed by atoms with Gasteiger partial charge in [0.2, 0.25) is 5.91 Å². The molecule has 2 N–H and O–H groups in total. The summed E-state index contributed by atoms with van der Waals surface area (Å²) in [6.07, 6.45) is 6.94. The summed E-state index contributed by atoms with van der Waals surface area (Å²) in [5.74, 6) is -0.0494. The summed E-state index contributed by atoms with van der Waals surface area (Å²) in [6.45, 7) is 0.361. The Kier molecular flexibility index (Phi) is 2.69. The average Bonchev–Trinajstić information content (AvgIpc) is 3.00. The lowest BCUT2D eigenvalue weighted by Gasteiger charge is -2.04. The van der Waals surface area contributed by atoms with Crippen LogP contribution in [-0.2, 0) is 4.79 Å². The van der Waals surface area contributed by atoms with Gasteiger partial charge in [0.1, 0.15) is 6.33 Å². The number of rotatable bonds is 4. The standard InChI is InChI=1S/C9H12N4O/c14-9(5-12-7-1-2-7)13-8-3-10-6-11-4-8/h3-4,6-7,12H,1-2,5H2,(H,13,14). The van der Waals surface area contributed by atoms with Crippen molar-refractivity contribution in [1.29, 1.82) is 0 Å². The molecule has 1 aromatic rings. The second kappa shape index (κ2) is 4.15. The van der Waals surface area contributed by atoms with Crippen LogP contribution in [0.5, 0.6) is 0 Å². The predicted molar refractivity (Wildman–Crippen MR) is 51.7 cm³/mol. The lowest BCUT2D eigenvalue weighted by atomic mass is 10.5. The molecular weight excluding hydrogens is 180 g/mol. The van der Waals surface area contributed by atoms with Crippen LogP contribution in [0.25, 0.3) is 0 Å². The molecule has 0 aromatic carbocycles. The molecule has 1 saturated carbocycles. The van der Waals surface area contributed by atoms with Gasteiger partial charge in [-0.15, -0.1) is 0 Å². The molecular formula is C9H12N4O. The zero-order chi connectivity index (χ0) is 9.80. The maximum absolute atomic E-state index is 11.3. The summed E-state index contributed by atoms with van der Waals surface area (Å²) in [5, 5.41) is 5.82. The first-order chi connectivity index (χ1) is 6.84. The monoisotopic (exact) mass is 192 g/mol. The summed E-state index contributed by atoms with van der Waals surface area (Å²) >= 11 is 0. The van der Waals surface area contributed by atoms with E-state index in [9.17, 15) is 4.79 Å². The highest BCUT2D eigenvalue weighted by Crippen LogP contribution is 2.17. The number of carbonyl (C=O) groups is 1. The van der Waals surface area contributed by atoms with Gasteiger partial charge < -0.3 is 10.6 Å². The van der Waals surface area contributed by atoms with Gasteiger partial charge in [-0.05, 0) is 12.8 Å². The molecule has 0 bridgehead atoms. The Morgan fingerprint density at radius 3 is 2.79 bits per heavy atom. The second-order valence-electron chi connectivity index (χ2n) is 3.33. The Morgan fingerprint density at radius 1 is 1.43 bits per heavy atom. The third-order valence-electron chi connectivity index (χ3n) is 1.97. The first-order valence-electron chi connectivity index (χ1n) is 4.63. The Balaban J connectivity index is 1.76. The summed E-state index contributed by atoms with van der Waals surface area (Å²) in [6, 6.07) is 0.549. The van der Waals surface area contributed by atoms with E-state index in [1.54, 1.807) is 12.4 Å². The number of anilines is 1. The number of nitrogens with one attached hydrogen (secondary N) is 2. The Hall–Kier alpha value is -1.49. The highest BCUT2D eigenvalue weighted by atomic mass is 16.1. The molecule has 14 heavy (non-hydrogen) atoms. The molecule has 1 aromatic heterocycles. The molecule has 0 saturated heterocycles. The number of nitrogens with zero attached hydrogens (tertiary/aromatic N) is 2. The van der Waals surface area contributed by atoms with E-state index in [0.717, 1.165) is 0 Å². The molecule has 1 fully saturated rings. The normalized spacial score (nSPS) is 15.1. The van der Waals surface area contributed by atoms with Gasteiger partial charge in [-0.3, -0.25) is 4.79 Å². The largest absolute Gasteiger partial charge is 0.322 e. The number of hydrogen-bond acceptors (Lipinski definition) is 4. The molecule has 0 unspecified atom stereocenters. The fraction of sp³-hybridized carbons (Fsp3) is 0.444. The van der Waals surface area contributed by atoms with Crippen LogP contribution in [0.1, 0.15) is 12.8 Å². The van der Waals surface area contributed by atoms with Crippen LogP contribution in [-0.4, -0.2) is 28.5 Å². The molecule has 1 aliphatic rings. The molecule has 1 amide bonds. The molecule has 5 nitrogen and oxygen atoms in total. The lowest BCUT2D eigenvalue weighted by molar-refractivity contribution is -0.115. The highest BCUT2D eigenvalue weighted by Gasteiger charge is 2.20. The van der Waals surface area contributed by atoms with Crippen LogP contribution in [0.15, 0.2) is 18.7 Å². The molecule has 1 aliphatic carbocycles. The van der Waals surface area contributed by atoms with Crippen LogP contribution in [0.2, 0.25) is 0 Å². The minimum atomic E-state index is -0.0494. The van der Waals surface area contributed by atoms with Crippen molar-refractivity contribution in [2.75, 3.05) is 11.9 Å². The van der Waals surface area contributed by atoms with Gasteiger partial charge in [0.15, 0.2) is 0 Å². The van der Waals surface area contributed by atoms with E-state index < -0.39 is 0 Å². The van der Waals surface area contributed by atoms with Crippen LogP contribution in [0.3, 0.4) is 0 Å². The van der Waals surface area contributed by atoms with Crippen molar-refractivity contribution in [2.24, 2.45) is 0 Å². The Labute approximate surface area is 82.0 Å². The second-order valence-corrected chi connectivity index (χ2v) is 3.33. The highest BCUT2D eigenvalue weighted by molar-refractivity contribution is 5.91. The van der Waals surface area contributed by atoms with Crippen molar-refractivity contribution in [1.82, 2.24) is 15.3 Å². The van der Waals surface area contributed by atoms with Crippen LogP contribution in [0, 0.1) is 0 Å². The molecule has 0 aliphatic heterocycles. The summed E-state index contributed by atoms with van der Waals surface area (Å²) in [7, 11) is 0. The quantitative estimate of drug-likeness (QED) is 0.713. The van der Waals surface area contributed by atoms with E-state index in [1.165, 1.54) is 19.2 Å². The van der Waals surface area contributed by atoms with Crippen molar-refractivity contribution in [2.45, 2.75) is 18.9 Å². The minimum absolute atomic E-state index is 0.0494. The number of hydrogen-bond donors (Lipinski definition) is 2. The first-order valence-corrected chi connectivity index (χ1v) is 4.63. The fourth-order valence-corrected chi connectivity index (χ4v) is 1.09. The van der Waals surface area contributed by atoms with Gasteiger partial charge in [-0.2, -0.15) is 0 Å². The third kappa shape index (κ3) is 2.77. The molecule has 5 heteroatoms. The van der Waals surface area contributed by atoms with Gasteiger partial charge in [0.05, 0.1) is 24.6 Å². The molecule has 0 radical (unpaired) electrons. The summed E-state index contributed by atoms with van der Waals surface area (Å²) < 4.78 is 0. The van der Waals surface area contributed by atoms with Crippen molar-refractivity contribution in [3.05, 3.63) is 18.7 Å². The molecule has 1 heterocycles. The van der Waals surface area contributed by atoms with Crippen LogP contribution < -0.4 is 10.6 Å². The smallest absolute Gasteiger partial charge is 0.238 e. The van der Waals surface area contributed by atoms with Crippen molar-refractivity contribution in [3.8, 4) is 0 Å². The average molecular weight is 192 g/mol. The maximum Gasteiger partial charge on any atom is 0.238 e. The molecule has 0 atom stereocenters. The zero-order valence-electron chi connectivity index (χ0n) is 7.73. The van der Waals surface area contributed by atoms with Gasteiger partial charge in [-0.25, -0.2) is 9.97 Å². The minimum Gasteiger partial charge on any atom is -0.322 e. The Morgan fingerprint density at radius 2 is 2.14 bits per heavy atom. The molecule has 2 rings (SSSR count). The van der Waals surface area contributed by atoms with E-state index >= 15 is 0 Å². The SMILES string of the molecule is O=C(CNC1CC1)Nc1cncnc1. The number of amides is 1. The van der Waals surface area contributed by atoms with E-state index in [0.29, 0.717) is 18.3 Å². The first kappa shape index (κ1) is 9.08. The summed E-state index contributed by atoms with van der Waals surface area (Å²) in [5.41, 5.74) is 0.634. The fourth-order valence-electron chi connectivity index (χ4n) is 1.09. The molecule has 74 valence electrons. The van der Waals surface area contributed by atoms with E-state index in [-0.39, 0.29) is 5.91 Å². The zero-order valence-corrected chi connectivity index (χ0v) is 7.73. The van der Waals surface area contributed by atoms with E-state index in [4.69, 9.17) is 0 Å². The van der Waals surface area contributed by atoms with Gasteiger partial charge in [-0.1, -0.05) is 0 Å². The topological polar surface area (TPSA) is 66.9 Å².